The Kier molecular flexibility index (Phi) is 5.71. The van der Waals surface area contributed by atoms with Crippen molar-refractivity contribution in [1.29, 1.82) is 0 Å². The van der Waals surface area contributed by atoms with E-state index in [0.29, 0.717) is 0 Å². The normalized spacial score (nSPS) is 12.5. The van der Waals surface area contributed by atoms with Gasteiger partial charge in [0.05, 0.1) is 6.61 Å². The van der Waals surface area contributed by atoms with E-state index in [1.165, 1.54) is 5.56 Å². The maximum Gasteiger partial charge on any atom is 0.124 e. The average Bonchev–Trinajstić information content (AvgIpc) is 2.24. The fourth-order valence-corrected chi connectivity index (χ4v) is 1.93. The second kappa shape index (κ2) is 6.81. The number of ether oxygens (including phenoxy) is 1. The molecule has 3 heteroatoms. The predicted molar refractivity (Wildman–Crippen MR) is 72.3 cm³/mol. The van der Waals surface area contributed by atoms with E-state index in [-0.39, 0.29) is 6.04 Å². The van der Waals surface area contributed by atoms with Gasteiger partial charge in [-0.3, -0.25) is 0 Å². The van der Waals surface area contributed by atoms with Crippen LogP contribution in [0.3, 0.4) is 0 Å². The predicted octanol–water partition coefficient (Wildman–Crippen LogP) is 3.15. The molecule has 0 aliphatic heterocycles. The van der Waals surface area contributed by atoms with Gasteiger partial charge in [-0.1, -0.05) is 12.1 Å². The van der Waals surface area contributed by atoms with Crippen molar-refractivity contribution in [3.63, 3.8) is 0 Å². The first kappa shape index (κ1) is 13.4. The van der Waals surface area contributed by atoms with E-state index in [1.807, 2.05) is 18.7 Å². The zero-order valence-corrected chi connectivity index (χ0v) is 11.1. The molecule has 0 aliphatic rings. The number of hydrogen-bond acceptors (Lipinski definition) is 3. The van der Waals surface area contributed by atoms with Crippen LogP contribution in [0, 0.1) is 6.92 Å². The minimum absolute atomic E-state index is 0.0242. The zero-order valence-electron chi connectivity index (χ0n) is 10.3. The first-order valence-corrected chi connectivity index (χ1v) is 7.02. The lowest BCUT2D eigenvalue weighted by Gasteiger charge is -2.14. The Morgan fingerprint density at radius 2 is 2.19 bits per heavy atom. The van der Waals surface area contributed by atoms with Gasteiger partial charge < -0.3 is 10.5 Å². The van der Waals surface area contributed by atoms with E-state index in [0.717, 1.165) is 30.1 Å². The summed E-state index contributed by atoms with van der Waals surface area (Å²) in [6.45, 7) is 4.82. The summed E-state index contributed by atoms with van der Waals surface area (Å²) < 4.78 is 5.79. The molecule has 1 atom stereocenters. The summed E-state index contributed by atoms with van der Waals surface area (Å²) in [7, 11) is 0. The van der Waals surface area contributed by atoms with Gasteiger partial charge in [0.15, 0.2) is 0 Å². The molecule has 0 radical (unpaired) electrons. The zero-order chi connectivity index (χ0) is 12.0. The molecule has 1 aromatic carbocycles. The van der Waals surface area contributed by atoms with Crippen LogP contribution in [0.4, 0.5) is 0 Å². The van der Waals surface area contributed by atoms with Crippen LogP contribution in [0.5, 0.6) is 5.75 Å². The molecule has 90 valence electrons. The third kappa shape index (κ3) is 4.06. The van der Waals surface area contributed by atoms with Crippen molar-refractivity contribution in [2.45, 2.75) is 26.3 Å². The van der Waals surface area contributed by atoms with Crippen LogP contribution in [0.1, 0.15) is 30.5 Å². The van der Waals surface area contributed by atoms with E-state index in [2.05, 4.69) is 31.4 Å². The minimum atomic E-state index is 0.0242. The van der Waals surface area contributed by atoms with Gasteiger partial charge in [0.25, 0.3) is 0 Å². The van der Waals surface area contributed by atoms with Crippen molar-refractivity contribution in [1.82, 2.24) is 0 Å². The topological polar surface area (TPSA) is 35.2 Å². The molecule has 16 heavy (non-hydrogen) atoms. The highest BCUT2D eigenvalue weighted by Gasteiger charge is 2.07. The molecule has 0 bridgehead atoms. The van der Waals surface area contributed by atoms with Crippen molar-refractivity contribution in [2.75, 3.05) is 18.6 Å². The van der Waals surface area contributed by atoms with E-state index >= 15 is 0 Å². The van der Waals surface area contributed by atoms with Crippen LogP contribution in [0.2, 0.25) is 0 Å². The SMILES string of the molecule is CSCCCOc1cc(C)ccc1[C@@H](C)N. The maximum absolute atomic E-state index is 5.91. The summed E-state index contributed by atoms with van der Waals surface area (Å²) in [5.74, 6) is 2.08. The first-order chi connectivity index (χ1) is 7.65. The highest BCUT2D eigenvalue weighted by Crippen LogP contribution is 2.25. The number of nitrogens with two attached hydrogens (primary N) is 1. The molecule has 0 fully saturated rings. The van der Waals surface area contributed by atoms with Crippen LogP contribution in [0.25, 0.3) is 0 Å². The van der Waals surface area contributed by atoms with Crippen LogP contribution < -0.4 is 10.5 Å². The standard InChI is InChI=1S/C13H21NOS/c1-10-5-6-12(11(2)14)13(9-10)15-7-4-8-16-3/h5-6,9,11H,4,7-8,14H2,1-3H3/t11-/m1/s1. The van der Waals surface area contributed by atoms with Crippen LogP contribution in [-0.2, 0) is 0 Å². The van der Waals surface area contributed by atoms with Gasteiger partial charge in [0, 0.05) is 11.6 Å². The van der Waals surface area contributed by atoms with Crippen molar-refractivity contribution in [3.8, 4) is 5.75 Å². The molecule has 0 aliphatic carbocycles. The summed E-state index contributed by atoms with van der Waals surface area (Å²) in [5.41, 5.74) is 8.22. The highest BCUT2D eigenvalue weighted by atomic mass is 32.2. The third-order valence-electron chi connectivity index (χ3n) is 2.41. The van der Waals surface area contributed by atoms with E-state index in [4.69, 9.17) is 10.5 Å². The number of thioether (sulfide) groups is 1. The molecular formula is C13H21NOS. The Bertz CT molecular complexity index is 326. The Morgan fingerprint density at radius 3 is 2.81 bits per heavy atom. The molecule has 1 rings (SSSR count). The minimum Gasteiger partial charge on any atom is -0.493 e. The van der Waals surface area contributed by atoms with Gasteiger partial charge in [-0.15, -0.1) is 0 Å². The van der Waals surface area contributed by atoms with Gasteiger partial charge in [0.1, 0.15) is 5.75 Å². The van der Waals surface area contributed by atoms with Crippen LogP contribution in [-0.4, -0.2) is 18.6 Å². The number of benzene rings is 1. The fraction of sp³-hybridized carbons (Fsp3) is 0.538. The van der Waals surface area contributed by atoms with Crippen molar-refractivity contribution in [3.05, 3.63) is 29.3 Å². The quantitative estimate of drug-likeness (QED) is 0.775. The Hall–Kier alpha value is -0.670. The summed E-state index contributed by atoms with van der Waals surface area (Å²) in [6.07, 6.45) is 3.19. The number of rotatable bonds is 6. The number of aryl methyl sites for hydroxylation is 1. The lowest BCUT2D eigenvalue weighted by Crippen LogP contribution is -2.09. The van der Waals surface area contributed by atoms with Gasteiger partial charge in [-0.05, 0) is 43.9 Å². The van der Waals surface area contributed by atoms with Crippen LogP contribution in [0.15, 0.2) is 18.2 Å². The molecule has 0 heterocycles. The smallest absolute Gasteiger partial charge is 0.124 e. The Balaban J connectivity index is 2.65. The van der Waals surface area contributed by atoms with Gasteiger partial charge in [-0.25, -0.2) is 0 Å². The van der Waals surface area contributed by atoms with E-state index in [9.17, 15) is 0 Å². The highest BCUT2D eigenvalue weighted by molar-refractivity contribution is 7.98. The van der Waals surface area contributed by atoms with Gasteiger partial charge in [0.2, 0.25) is 0 Å². The van der Waals surface area contributed by atoms with Crippen molar-refractivity contribution >= 4 is 11.8 Å². The molecule has 1 aromatic rings. The van der Waals surface area contributed by atoms with Gasteiger partial charge in [-0.2, -0.15) is 11.8 Å². The molecule has 0 spiro atoms. The third-order valence-corrected chi connectivity index (χ3v) is 3.11. The molecule has 0 saturated heterocycles. The summed E-state index contributed by atoms with van der Waals surface area (Å²) in [6, 6.07) is 6.23. The fourth-order valence-electron chi connectivity index (χ4n) is 1.53. The van der Waals surface area contributed by atoms with Crippen LogP contribution >= 0.6 is 11.8 Å². The van der Waals surface area contributed by atoms with Crippen molar-refractivity contribution in [2.24, 2.45) is 5.73 Å². The summed E-state index contributed by atoms with van der Waals surface area (Å²) >= 11 is 1.85. The molecule has 0 amide bonds. The molecule has 0 aromatic heterocycles. The summed E-state index contributed by atoms with van der Waals surface area (Å²) in [4.78, 5) is 0. The lowest BCUT2D eigenvalue weighted by atomic mass is 10.1. The molecule has 0 saturated carbocycles. The Labute approximate surface area is 103 Å². The molecular weight excluding hydrogens is 218 g/mol. The monoisotopic (exact) mass is 239 g/mol. The first-order valence-electron chi connectivity index (χ1n) is 5.63. The second-order valence-electron chi connectivity index (χ2n) is 4.02. The van der Waals surface area contributed by atoms with Gasteiger partial charge >= 0.3 is 0 Å². The van der Waals surface area contributed by atoms with E-state index in [1.54, 1.807) is 0 Å². The lowest BCUT2D eigenvalue weighted by molar-refractivity contribution is 0.314. The van der Waals surface area contributed by atoms with Crippen molar-refractivity contribution < 1.29 is 4.74 Å². The Morgan fingerprint density at radius 1 is 1.44 bits per heavy atom. The molecule has 0 unspecified atom stereocenters. The summed E-state index contributed by atoms with van der Waals surface area (Å²) in [5, 5.41) is 0. The molecule has 2 nitrogen and oxygen atoms in total. The molecule has 2 N–H and O–H groups in total. The largest absolute Gasteiger partial charge is 0.493 e. The second-order valence-corrected chi connectivity index (χ2v) is 5.01. The average molecular weight is 239 g/mol. The maximum atomic E-state index is 5.91. The number of hydrogen-bond donors (Lipinski definition) is 1. The van der Waals surface area contributed by atoms with E-state index < -0.39 is 0 Å².